The minimum Gasteiger partial charge on any atom is -0.356 e. The largest absolute Gasteiger partial charge is 0.356 e. The summed E-state index contributed by atoms with van der Waals surface area (Å²) in [5.74, 6) is 4.46. The highest BCUT2D eigenvalue weighted by atomic mass is 32.2. The van der Waals surface area contributed by atoms with Crippen molar-refractivity contribution in [1.82, 2.24) is 10.4 Å². The van der Waals surface area contributed by atoms with E-state index < -0.39 is 15.9 Å². The van der Waals surface area contributed by atoms with Crippen molar-refractivity contribution in [3.05, 3.63) is 47.8 Å². The van der Waals surface area contributed by atoms with Crippen LogP contribution in [0.5, 0.6) is 0 Å². The van der Waals surface area contributed by atoms with E-state index in [2.05, 4.69) is 4.98 Å². The fourth-order valence-corrected chi connectivity index (χ4v) is 3.91. The molecule has 1 aliphatic rings. The Hall–Kier alpha value is -2.32. The van der Waals surface area contributed by atoms with E-state index in [4.69, 9.17) is 5.84 Å². The fraction of sp³-hybridized carbons (Fsp3) is 0.154. The lowest BCUT2D eigenvalue weighted by Gasteiger charge is -2.18. The number of aromatic amines is 1. The Kier molecular flexibility index (Phi) is 3.19. The maximum absolute atomic E-state index is 12.7. The predicted octanol–water partition coefficient (Wildman–Crippen LogP) is 0.370. The molecule has 1 aromatic heterocycles. The standard InChI is InChI=1S/C13H14N4O3S/c14-16-13(18)11-7-10(8-15-11)21(19,20)17-6-5-9-3-1-2-4-12(9)17/h1-4,7-8,15H,5-6,14H2,(H,16,18). The first-order chi connectivity index (χ1) is 10.0. The second-order valence-corrected chi connectivity index (χ2v) is 6.54. The maximum atomic E-state index is 12.7. The number of rotatable bonds is 3. The van der Waals surface area contributed by atoms with Gasteiger partial charge in [0.15, 0.2) is 0 Å². The summed E-state index contributed by atoms with van der Waals surface area (Å²) >= 11 is 0. The van der Waals surface area contributed by atoms with Crippen molar-refractivity contribution in [3.63, 3.8) is 0 Å². The van der Waals surface area contributed by atoms with E-state index in [1.54, 1.807) is 12.1 Å². The average Bonchev–Trinajstić information content (AvgIpc) is 3.13. The van der Waals surface area contributed by atoms with Gasteiger partial charge in [0.2, 0.25) is 0 Å². The molecule has 0 atom stereocenters. The summed E-state index contributed by atoms with van der Waals surface area (Å²) in [6.07, 6.45) is 1.97. The third-order valence-electron chi connectivity index (χ3n) is 3.46. The molecule has 0 fully saturated rings. The van der Waals surface area contributed by atoms with E-state index in [1.807, 2.05) is 17.6 Å². The number of nitrogens with zero attached hydrogens (tertiary/aromatic N) is 1. The number of nitrogens with one attached hydrogen (secondary N) is 2. The normalized spacial score (nSPS) is 14.0. The van der Waals surface area contributed by atoms with Gasteiger partial charge >= 0.3 is 0 Å². The number of carbonyl (C=O) groups excluding carboxylic acids is 1. The molecule has 1 aliphatic heterocycles. The van der Waals surface area contributed by atoms with Crippen LogP contribution in [0.2, 0.25) is 0 Å². The first-order valence-corrected chi connectivity index (χ1v) is 7.78. The topological polar surface area (TPSA) is 108 Å². The van der Waals surface area contributed by atoms with Crippen molar-refractivity contribution in [3.8, 4) is 0 Å². The lowest BCUT2D eigenvalue weighted by Crippen LogP contribution is -2.30. The van der Waals surface area contributed by atoms with Crippen LogP contribution in [0.1, 0.15) is 16.1 Å². The van der Waals surface area contributed by atoms with Crippen molar-refractivity contribution in [2.75, 3.05) is 10.8 Å². The number of nitrogens with two attached hydrogens (primary N) is 1. The maximum Gasteiger partial charge on any atom is 0.281 e. The smallest absolute Gasteiger partial charge is 0.281 e. The Bertz CT molecular complexity index is 797. The number of amides is 1. The molecule has 0 saturated heterocycles. The molecular weight excluding hydrogens is 292 g/mol. The monoisotopic (exact) mass is 306 g/mol. The summed E-state index contributed by atoms with van der Waals surface area (Å²) in [6.45, 7) is 0.394. The molecule has 7 nitrogen and oxygen atoms in total. The molecule has 4 N–H and O–H groups in total. The van der Waals surface area contributed by atoms with Gasteiger partial charge in [0.1, 0.15) is 10.6 Å². The van der Waals surface area contributed by atoms with E-state index in [9.17, 15) is 13.2 Å². The number of hydrogen-bond donors (Lipinski definition) is 3. The van der Waals surface area contributed by atoms with Gasteiger partial charge in [0.25, 0.3) is 15.9 Å². The van der Waals surface area contributed by atoms with Crippen LogP contribution in [0.3, 0.4) is 0 Å². The van der Waals surface area contributed by atoms with E-state index in [1.165, 1.54) is 16.6 Å². The number of benzene rings is 1. The first kappa shape index (κ1) is 13.7. The van der Waals surface area contributed by atoms with Crippen LogP contribution in [0.15, 0.2) is 41.4 Å². The van der Waals surface area contributed by atoms with Gasteiger partial charge in [-0.1, -0.05) is 18.2 Å². The molecule has 0 radical (unpaired) electrons. The zero-order valence-electron chi connectivity index (χ0n) is 11.0. The van der Waals surface area contributed by atoms with E-state index in [-0.39, 0.29) is 10.6 Å². The van der Waals surface area contributed by atoms with Crippen LogP contribution in [0, 0.1) is 0 Å². The number of hydrazine groups is 1. The first-order valence-electron chi connectivity index (χ1n) is 6.34. The van der Waals surface area contributed by atoms with Crippen LogP contribution in [0.4, 0.5) is 5.69 Å². The third kappa shape index (κ3) is 2.18. The van der Waals surface area contributed by atoms with Crippen LogP contribution in [0.25, 0.3) is 0 Å². The van der Waals surface area contributed by atoms with E-state index in [0.717, 1.165) is 5.56 Å². The van der Waals surface area contributed by atoms with Crippen molar-refractivity contribution >= 4 is 21.6 Å². The molecule has 3 rings (SSSR count). The van der Waals surface area contributed by atoms with Gasteiger partial charge < -0.3 is 4.98 Å². The Balaban J connectivity index is 1.99. The van der Waals surface area contributed by atoms with Crippen LogP contribution >= 0.6 is 0 Å². The van der Waals surface area contributed by atoms with Gasteiger partial charge in [-0.05, 0) is 24.1 Å². The number of sulfonamides is 1. The second-order valence-electron chi connectivity index (χ2n) is 4.68. The molecule has 110 valence electrons. The summed E-state index contributed by atoms with van der Waals surface area (Å²) in [6, 6.07) is 8.65. The fourth-order valence-electron chi connectivity index (χ4n) is 2.42. The number of fused-ring (bicyclic) bond motifs is 1. The van der Waals surface area contributed by atoms with Gasteiger partial charge in [0.05, 0.1) is 5.69 Å². The summed E-state index contributed by atoms with van der Waals surface area (Å²) < 4.78 is 26.7. The van der Waals surface area contributed by atoms with Crippen LogP contribution in [-0.2, 0) is 16.4 Å². The Morgan fingerprint density at radius 3 is 2.86 bits per heavy atom. The molecule has 2 heterocycles. The minimum atomic E-state index is -3.69. The molecule has 0 bridgehead atoms. The van der Waals surface area contributed by atoms with Crippen LogP contribution < -0.4 is 15.6 Å². The number of hydrogen-bond acceptors (Lipinski definition) is 4. The zero-order chi connectivity index (χ0) is 15.0. The van der Waals surface area contributed by atoms with Gasteiger partial charge in [-0.25, -0.2) is 14.3 Å². The molecule has 0 unspecified atom stereocenters. The molecule has 21 heavy (non-hydrogen) atoms. The summed E-state index contributed by atoms with van der Waals surface area (Å²) in [4.78, 5) is 14.0. The summed E-state index contributed by atoms with van der Waals surface area (Å²) in [5.41, 5.74) is 3.73. The quantitative estimate of drug-likeness (QED) is 0.432. The van der Waals surface area contributed by atoms with Gasteiger partial charge in [-0.15, -0.1) is 0 Å². The third-order valence-corrected chi connectivity index (χ3v) is 5.26. The molecule has 0 aliphatic carbocycles. The Morgan fingerprint density at radius 2 is 2.10 bits per heavy atom. The van der Waals surface area contributed by atoms with Gasteiger partial charge in [-0.3, -0.25) is 14.5 Å². The second kappa shape index (κ2) is 4.90. The lowest BCUT2D eigenvalue weighted by molar-refractivity contribution is 0.0949. The van der Waals surface area contributed by atoms with Gasteiger partial charge in [0, 0.05) is 12.7 Å². The summed E-state index contributed by atoms with van der Waals surface area (Å²) in [7, 11) is -3.69. The Labute approximate surface area is 121 Å². The van der Waals surface area contributed by atoms with Crippen LogP contribution in [-0.4, -0.2) is 25.9 Å². The molecule has 0 spiro atoms. The van der Waals surface area contributed by atoms with Crippen molar-refractivity contribution < 1.29 is 13.2 Å². The zero-order valence-corrected chi connectivity index (χ0v) is 11.9. The summed E-state index contributed by atoms with van der Waals surface area (Å²) in [5, 5.41) is 0. The molecule has 1 amide bonds. The number of carbonyl (C=O) groups is 1. The van der Waals surface area contributed by atoms with Crippen molar-refractivity contribution in [2.24, 2.45) is 5.84 Å². The number of aromatic nitrogens is 1. The molecular formula is C13H14N4O3S. The average molecular weight is 306 g/mol. The molecule has 8 heteroatoms. The molecule has 1 aromatic carbocycles. The highest BCUT2D eigenvalue weighted by Gasteiger charge is 2.31. The van der Waals surface area contributed by atoms with Crippen molar-refractivity contribution in [1.29, 1.82) is 0 Å². The molecule has 2 aromatic rings. The van der Waals surface area contributed by atoms with Gasteiger partial charge in [-0.2, -0.15) is 0 Å². The number of para-hydroxylation sites is 1. The van der Waals surface area contributed by atoms with Crippen molar-refractivity contribution in [2.45, 2.75) is 11.3 Å². The van der Waals surface area contributed by atoms with E-state index in [0.29, 0.717) is 18.7 Å². The predicted molar refractivity (Wildman–Crippen MR) is 77.1 cm³/mol. The van der Waals surface area contributed by atoms with E-state index >= 15 is 0 Å². The number of nitrogen functional groups attached to an aromatic ring is 1. The highest BCUT2D eigenvalue weighted by molar-refractivity contribution is 7.92. The SMILES string of the molecule is NNC(=O)c1cc(S(=O)(=O)N2CCc3ccccc32)c[nH]1. The minimum absolute atomic E-state index is 0.0396. The number of H-pyrrole nitrogens is 1. The molecule has 0 saturated carbocycles. The Morgan fingerprint density at radius 1 is 1.33 bits per heavy atom. The number of anilines is 1. The lowest BCUT2D eigenvalue weighted by atomic mass is 10.2. The highest BCUT2D eigenvalue weighted by Crippen LogP contribution is 2.32.